The van der Waals surface area contributed by atoms with Gasteiger partial charge in [0.1, 0.15) is 0 Å². The third-order valence-corrected chi connectivity index (χ3v) is 16.3. The zero-order valence-electron chi connectivity index (χ0n) is 30.2. The van der Waals surface area contributed by atoms with Gasteiger partial charge in [-0.25, -0.2) is 0 Å². The summed E-state index contributed by atoms with van der Waals surface area (Å²) < 4.78 is 16.0. The molecule has 3 nitrogen and oxygen atoms in total. The molecule has 7 aromatic carbocycles. The fourth-order valence-corrected chi connectivity index (χ4v) is 13.7. The summed E-state index contributed by atoms with van der Waals surface area (Å²) in [4.78, 5) is 6.83. The molecule has 10 rings (SSSR count). The van der Waals surface area contributed by atoms with Crippen molar-refractivity contribution >= 4 is 68.9 Å². The van der Waals surface area contributed by atoms with E-state index in [2.05, 4.69) is 171 Å². The van der Waals surface area contributed by atoms with E-state index in [1.807, 2.05) is 30.3 Å². The van der Waals surface area contributed by atoms with Crippen molar-refractivity contribution in [2.75, 3.05) is 9.80 Å². The molecule has 0 unspecified atom stereocenters. The number of hydrogen-bond donors (Lipinski definition) is 0. The minimum Gasteiger partial charge on any atom is -0.310 e. The molecule has 258 valence electrons. The predicted molar refractivity (Wildman–Crippen MR) is 224 cm³/mol. The van der Waals surface area contributed by atoms with Crippen LogP contribution in [0, 0.1) is 0 Å². The molecule has 0 atom stereocenters. The number of rotatable bonds is 3. The second kappa shape index (κ2) is 11.6. The van der Waals surface area contributed by atoms with Crippen molar-refractivity contribution in [3.63, 3.8) is 0 Å². The first-order chi connectivity index (χ1) is 25.7. The highest BCUT2D eigenvalue weighted by molar-refractivity contribution is 8.02. The lowest BCUT2D eigenvalue weighted by Crippen LogP contribution is -2.33. The smallest absolute Gasteiger partial charge is 0.173 e. The molecule has 0 saturated carbocycles. The van der Waals surface area contributed by atoms with E-state index in [0.29, 0.717) is 0 Å². The van der Waals surface area contributed by atoms with Gasteiger partial charge in [0.2, 0.25) is 0 Å². The lowest BCUT2D eigenvalue weighted by atomic mass is 9.73. The van der Waals surface area contributed by atoms with Gasteiger partial charge >= 0.3 is 0 Å². The van der Waals surface area contributed by atoms with E-state index in [0.717, 1.165) is 37.1 Å². The van der Waals surface area contributed by atoms with Gasteiger partial charge in [-0.2, -0.15) is 0 Å². The van der Waals surface area contributed by atoms with Crippen LogP contribution in [0.2, 0.25) is 0 Å². The van der Waals surface area contributed by atoms with Crippen LogP contribution in [0.1, 0.15) is 49.9 Å². The van der Waals surface area contributed by atoms with Crippen molar-refractivity contribution in [1.29, 1.82) is 0 Å². The molecule has 0 saturated heterocycles. The van der Waals surface area contributed by atoms with Crippen molar-refractivity contribution in [3.8, 4) is 0 Å². The van der Waals surface area contributed by atoms with Gasteiger partial charge in [-0.1, -0.05) is 143 Å². The quantitative estimate of drug-likeness (QED) is 0.169. The second-order valence-electron chi connectivity index (χ2n) is 15.3. The Hall–Kier alpha value is -5.28. The van der Waals surface area contributed by atoms with Crippen molar-refractivity contribution in [1.82, 2.24) is 0 Å². The molecular formula is C48H39N2OPS. The molecule has 0 aliphatic carbocycles. The largest absolute Gasteiger partial charge is 0.310 e. The van der Waals surface area contributed by atoms with Gasteiger partial charge in [0.25, 0.3) is 0 Å². The summed E-state index contributed by atoms with van der Waals surface area (Å²) in [5, 5.41) is 2.65. The summed E-state index contributed by atoms with van der Waals surface area (Å²) in [6.45, 7) is 9.26. The third-order valence-electron chi connectivity index (χ3n) is 11.7. The number of anilines is 6. The Bertz CT molecular complexity index is 2400. The van der Waals surface area contributed by atoms with E-state index in [1.165, 1.54) is 45.0 Å². The highest BCUT2D eigenvalue weighted by atomic mass is 32.2. The molecule has 0 aromatic heterocycles. The molecule has 53 heavy (non-hydrogen) atoms. The van der Waals surface area contributed by atoms with Gasteiger partial charge in [0.15, 0.2) is 7.14 Å². The predicted octanol–water partition coefficient (Wildman–Crippen LogP) is 12.0. The minimum atomic E-state index is -3.23. The van der Waals surface area contributed by atoms with Crippen molar-refractivity contribution < 1.29 is 4.57 Å². The van der Waals surface area contributed by atoms with Crippen LogP contribution in [0.3, 0.4) is 0 Å². The Labute approximate surface area is 316 Å². The van der Waals surface area contributed by atoms with Crippen molar-refractivity contribution in [2.24, 2.45) is 0 Å². The summed E-state index contributed by atoms with van der Waals surface area (Å²) in [5.41, 5.74) is 11.7. The van der Waals surface area contributed by atoms with Gasteiger partial charge in [0.05, 0.1) is 22.7 Å². The number of fused-ring (bicyclic) bond motifs is 6. The van der Waals surface area contributed by atoms with E-state index in [4.69, 9.17) is 0 Å². The topological polar surface area (TPSA) is 23.6 Å². The van der Waals surface area contributed by atoms with E-state index < -0.39 is 7.14 Å². The van der Waals surface area contributed by atoms with Crippen LogP contribution in [0.5, 0.6) is 0 Å². The SMILES string of the molecule is CC1(C)c2ccccc2N(c2ccc3c(c2)Sc2cc(N4c5ccccc5C(C)(C)c5ccccc54)ccc2P3(=O)c2ccccc2)c2ccccc21. The molecule has 0 fully saturated rings. The van der Waals surface area contributed by atoms with E-state index >= 15 is 4.57 Å². The van der Waals surface area contributed by atoms with E-state index in [1.54, 1.807) is 11.8 Å². The van der Waals surface area contributed by atoms with Gasteiger partial charge < -0.3 is 14.4 Å². The van der Waals surface area contributed by atoms with Crippen LogP contribution in [0.4, 0.5) is 34.1 Å². The van der Waals surface area contributed by atoms with Gasteiger partial charge in [0, 0.05) is 47.9 Å². The van der Waals surface area contributed by atoms with Gasteiger partial charge in [-0.05, 0) is 82.9 Å². The molecular weight excluding hydrogens is 684 g/mol. The fraction of sp³-hybridized carbons (Fsp3) is 0.125. The molecule has 3 aliphatic rings. The summed E-state index contributed by atoms with van der Waals surface area (Å²) in [6, 6.07) is 58.2. The lowest BCUT2D eigenvalue weighted by molar-refractivity contribution is 0.591. The Morgan fingerprint density at radius 1 is 0.434 bits per heavy atom. The maximum Gasteiger partial charge on any atom is 0.173 e. The third kappa shape index (κ3) is 4.59. The van der Waals surface area contributed by atoms with Crippen LogP contribution in [0.15, 0.2) is 174 Å². The molecule has 0 spiro atoms. The summed E-state index contributed by atoms with van der Waals surface area (Å²) in [5.74, 6) is 0. The number of para-hydroxylation sites is 4. The normalized spacial score (nSPS) is 16.7. The maximum atomic E-state index is 16.0. The summed E-state index contributed by atoms with van der Waals surface area (Å²) >= 11 is 1.74. The van der Waals surface area contributed by atoms with Crippen LogP contribution in [-0.2, 0) is 15.4 Å². The summed E-state index contributed by atoms with van der Waals surface area (Å²) in [6.07, 6.45) is 0. The van der Waals surface area contributed by atoms with E-state index in [9.17, 15) is 0 Å². The lowest BCUT2D eigenvalue weighted by Gasteiger charge is -2.42. The molecule has 0 N–H and O–H groups in total. The standard InChI is InChI=1S/C48H39N2OPS/c1-47(2)35-18-8-12-22-39(35)49(40-23-13-9-19-36(40)47)32-26-28-43-45(30-32)53-46-31-33(27-29-44(46)52(43,51)34-16-6-5-7-17-34)50-41-24-14-10-20-37(41)48(3,4)38-21-11-15-25-42(38)50/h5-31H,1-4H3. The first-order valence-electron chi connectivity index (χ1n) is 18.3. The van der Waals surface area contributed by atoms with Gasteiger partial charge in [-0.15, -0.1) is 0 Å². The number of nitrogens with zero attached hydrogens (tertiary/aromatic N) is 2. The fourth-order valence-electron chi connectivity index (χ4n) is 9.03. The van der Waals surface area contributed by atoms with Crippen molar-refractivity contribution in [2.45, 2.75) is 48.3 Å². The monoisotopic (exact) mass is 722 g/mol. The maximum absolute atomic E-state index is 16.0. The molecule has 0 amide bonds. The Kier molecular flexibility index (Phi) is 7.09. The zero-order chi connectivity index (χ0) is 36.1. The average molecular weight is 723 g/mol. The number of hydrogen-bond acceptors (Lipinski definition) is 4. The molecule has 3 heterocycles. The van der Waals surface area contributed by atoms with Crippen LogP contribution in [-0.4, -0.2) is 0 Å². The molecule has 5 heteroatoms. The highest BCUT2D eigenvalue weighted by Crippen LogP contribution is 2.57. The molecule has 3 aliphatic heterocycles. The second-order valence-corrected chi connectivity index (χ2v) is 19.1. The minimum absolute atomic E-state index is 0.147. The zero-order valence-corrected chi connectivity index (χ0v) is 32.0. The average Bonchev–Trinajstić information content (AvgIpc) is 3.18. The van der Waals surface area contributed by atoms with Crippen LogP contribution in [0.25, 0.3) is 0 Å². The Morgan fingerprint density at radius 3 is 1.15 bits per heavy atom. The Morgan fingerprint density at radius 2 is 0.774 bits per heavy atom. The van der Waals surface area contributed by atoms with Crippen LogP contribution >= 0.6 is 18.9 Å². The van der Waals surface area contributed by atoms with Crippen LogP contribution < -0.4 is 25.7 Å². The van der Waals surface area contributed by atoms with Gasteiger partial charge in [-0.3, -0.25) is 0 Å². The highest BCUT2D eigenvalue weighted by Gasteiger charge is 2.42. The number of benzene rings is 7. The summed E-state index contributed by atoms with van der Waals surface area (Å²) in [7, 11) is -3.23. The first kappa shape index (κ1) is 32.4. The first-order valence-corrected chi connectivity index (χ1v) is 20.8. The van der Waals surface area contributed by atoms with Crippen molar-refractivity contribution in [3.05, 3.63) is 186 Å². The molecule has 0 radical (unpaired) electrons. The molecule has 7 aromatic rings. The Balaban J connectivity index is 1.17. The molecule has 0 bridgehead atoms. The van der Waals surface area contributed by atoms with E-state index in [-0.39, 0.29) is 10.8 Å².